The van der Waals surface area contributed by atoms with Crippen LogP contribution < -0.4 is 10.1 Å². The van der Waals surface area contributed by atoms with Gasteiger partial charge >= 0.3 is 0 Å². The SMILES string of the molecule is CCN(CC)S(=O)(=O)c1cc2c(cc1C)NC(=O)C(C)O2. The van der Waals surface area contributed by atoms with Gasteiger partial charge in [-0.25, -0.2) is 8.42 Å². The fraction of sp³-hybridized carbons (Fsp3) is 0.500. The van der Waals surface area contributed by atoms with Crippen LogP contribution in [-0.2, 0) is 14.8 Å². The highest BCUT2D eigenvalue weighted by molar-refractivity contribution is 7.89. The Morgan fingerprint density at radius 1 is 1.29 bits per heavy atom. The molecule has 0 bridgehead atoms. The van der Waals surface area contributed by atoms with E-state index in [1.807, 2.05) is 0 Å². The van der Waals surface area contributed by atoms with Crippen molar-refractivity contribution in [2.24, 2.45) is 0 Å². The Hall–Kier alpha value is -1.60. The molecule has 1 N–H and O–H groups in total. The third-order valence-corrected chi connectivity index (χ3v) is 5.72. The topological polar surface area (TPSA) is 75.7 Å². The Bertz CT molecular complexity index is 666. The van der Waals surface area contributed by atoms with E-state index in [0.717, 1.165) is 0 Å². The second kappa shape index (κ2) is 5.65. The van der Waals surface area contributed by atoms with Gasteiger partial charge in [0, 0.05) is 19.2 Å². The summed E-state index contributed by atoms with van der Waals surface area (Å²) < 4.78 is 32.1. The highest BCUT2D eigenvalue weighted by atomic mass is 32.2. The molecule has 21 heavy (non-hydrogen) atoms. The third kappa shape index (κ3) is 2.75. The van der Waals surface area contributed by atoms with Crippen molar-refractivity contribution in [3.8, 4) is 5.75 Å². The predicted octanol–water partition coefficient (Wildman–Crippen LogP) is 1.74. The Morgan fingerprint density at radius 3 is 2.48 bits per heavy atom. The molecule has 0 spiro atoms. The number of carbonyl (C=O) groups is 1. The number of rotatable bonds is 4. The first-order valence-corrected chi connectivity index (χ1v) is 8.37. The maximum absolute atomic E-state index is 12.6. The van der Waals surface area contributed by atoms with Crippen LogP contribution in [0.1, 0.15) is 26.3 Å². The van der Waals surface area contributed by atoms with E-state index in [9.17, 15) is 13.2 Å². The first-order chi connectivity index (χ1) is 9.81. The molecule has 1 aliphatic rings. The molecule has 0 saturated heterocycles. The van der Waals surface area contributed by atoms with Gasteiger partial charge in [0.1, 0.15) is 5.75 Å². The Kier molecular flexibility index (Phi) is 4.25. The fourth-order valence-corrected chi connectivity index (χ4v) is 4.00. The van der Waals surface area contributed by atoms with Gasteiger partial charge in [0.15, 0.2) is 6.10 Å². The molecule has 116 valence electrons. The monoisotopic (exact) mass is 312 g/mol. The molecule has 1 amide bonds. The molecule has 1 unspecified atom stereocenters. The predicted molar refractivity (Wildman–Crippen MR) is 80.0 cm³/mol. The molecule has 0 saturated carbocycles. The summed E-state index contributed by atoms with van der Waals surface area (Å²) in [5.41, 5.74) is 1.09. The second-order valence-corrected chi connectivity index (χ2v) is 6.86. The molecule has 0 radical (unpaired) electrons. The molecule has 7 heteroatoms. The molecule has 0 aliphatic carbocycles. The van der Waals surface area contributed by atoms with Crippen LogP contribution in [0.15, 0.2) is 17.0 Å². The lowest BCUT2D eigenvalue weighted by molar-refractivity contribution is -0.122. The lowest BCUT2D eigenvalue weighted by Crippen LogP contribution is -2.35. The Morgan fingerprint density at radius 2 is 1.90 bits per heavy atom. The summed E-state index contributed by atoms with van der Waals surface area (Å²) in [7, 11) is -3.56. The molecule has 1 aromatic carbocycles. The zero-order chi connectivity index (χ0) is 15.8. The molecule has 1 aliphatic heterocycles. The molecule has 1 heterocycles. The number of nitrogens with one attached hydrogen (secondary N) is 1. The van der Waals surface area contributed by atoms with Crippen LogP contribution in [0, 0.1) is 6.92 Å². The number of amides is 1. The zero-order valence-electron chi connectivity index (χ0n) is 12.6. The van der Waals surface area contributed by atoms with Crippen LogP contribution >= 0.6 is 0 Å². The molecule has 1 atom stereocenters. The van der Waals surface area contributed by atoms with Crippen molar-refractivity contribution in [1.82, 2.24) is 4.31 Å². The summed E-state index contributed by atoms with van der Waals surface area (Å²) in [6.07, 6.45) is -0.635. The molecule has 0 fully saturated rings. The third-order valence-electron chi connectivity index (χ3n) is 3.53. The van der Waals surface area contributed by atoms with E-state index in [2.05, 4.69) is 5.32 Å². The van der Waals surface area contributed by atoms with Crippen LogP contribution in [0.3, 0.4) is 0 Å². The number of anilines is 1. The number of hydrogen-bond donors (Lipinski definition) is 1. The van der Waals surface area contributed by atoms with Crippen molar-refractivity contribution < 1.29 is 17.9 Å². The minimum absolute atomic E-state index is 0.216. The van der Waals surface area contributed by atoms with Gasteiger partial charge in [0.05, 0.1) is 10.6 Å². The van der Waals surface area contributed by atoms with Crippen LogP contribution in [0.2, 0.25) is 0 Å². The number of nitrogens with zero attached hydrogens (tertiary/aromatic N) is 1. The van der Waals surface area contributed by atoms with Crippen molar-refractivity contribution in [3.63, 3.8) is 0 Å². The van der Waals surface area contributed by atoms with Crippen LogP contribution in [0.5, 0.6) is 5.75 Å². The molecular weight excluding hydrogens is 292 g/mol. The largest absolute Gasteiger partial charge is 0.479 e. The van der Waals surface area contributed by atoms with Crippen molar-refractivity contribution in [2.45, 2.75) is 38.7 Å². The molecular formula is C14H20N2O4S. The van der Waals surface area contributed by atoms with Crippen molar-refractivity contribution in [2.75, 3.05) is 18.4 Å². The van der Waals surface area contributed by atoms with Crippen LogP contribution in [0.25, 0.3) is 0 Å². The lowest BCUT2D eigenvalue weighted by Gasteiger charge is -2.26. The van der Waals surface area contributed by atoms with Gasteiger partial charge in [-0.1, -0.05) is 13.8 Å². The molecule has 1 aromatic rings. The van der Waals surface area contributed by atoms with Gasteiger partial charge in [0.2, 0.25) is 10.0 Å². The second-order valence-electron chi connectivity index (χ2n) is 4.95. The van der Waals surface area contributed by atoms with E-state index >= 15 is 0 Å². The smallest absolute Gasteiger partial charge is 0.265 e. The fourth-order valence-electron chi connectivity index (χ4n) is 2.32. The normalized spacial score (nSPS) is 18.1. The van der Waals surface area contributed by atoms with E-state index in [1.165, 1.54) is 10.4 Å². The van der Waals surface area contributed by atoms with Gasteiger partial charge in [-0.05, 0) is 25.5 Å². The van der Waals surface area contributed by atoms with Gasteiger partial charge in [-0.3, -0.25) is 4.79 Å². The molecule has 6 nitrogen and oxygen atoms in total. The number of carbonyl (C=O) groups excluding carboxylic acids is 1. The summed E-state index contributed by atoms with van der Waals surface area (Å²) >= 11 is 0. The number of hydrogen-bond acceptors (Lipinski definition) is 4. The summed E-state index contributed by atoms with van der Waals surface area (Å²) in [4.78, 5) is 11.8. The highest BCUT2D eigenvalue weighted by Crippen LogP contribution is 2.35. The minimum atomic E-state index is -3.56. The van der Waals surface area contributed by atoms with Crippen LogP contribution in [0.4, 0.5) is 5.69 Å². The van der Waals surface area contributed by atoms with Gasteiger partial charge in [0.25, 0.3) is 5.91 Å². The summed E-state index contributed by atoms with van der Waals surface area (Å²) in [6.45, 7) is 7.74. The maximum Gasteiger partial charge on any atom is 0.265 e. The summed E-state index contributed by atoms with van der Waals surface area (Å²) in [5, 5.41) is 2.71. The molecule has 2 rings (SSSR count). The number of aryl methyl sites for hydroxylation is 1. The van der Waals surface area contributed by atoms with Gasteiger partial charge in [-0.2, -0.15) is 4.31 Å². The number of benzene rings is 1. The van der Waals surface area contributed by atoms with Crippen molar-refractivity contribution >= 4 is 21.6 Å². The van der Waals surface area contributed by atoms with E-state index in [0.29, 0.717) is 30.1 Å². The lowest BCUT2D eigenvalue weighted by atomic mass is 10.1. The number of fused-ring (bicyclic) bond motifs is 1. The maximum atomic E-state index is 12.6. The van der Waals surface area contributed by atoms with E-state index < -0.39 is 16.1 Å². The van der Waals surface area contributed by atoms with E-state index in [1.54, 1.807) is 33.8 Å². The van der Waals surface area contributed by atoms with Gasteiger partial charge < -0.3 is 10.1 Å². The summed E-state index contributed by atoms with van der Waals surface area (Å²) in [5.74, 6) is 0.152. The van der Waals surface area contributed by atoms with Crippen molar-refractivity contribution in [3.05, 3.63) is 17.7 Å². The van der Waals surface area contributed by atoms with Crippen LogP contribution in [-0.4, -0.2) is 37.8 Å². The Labute approximate surface area is 125 Å². The van der Waals surface area contributed by atoms with E-state index in [-0.39, 0.29) is 10.8 Å². The quantitative estimate of drug-likeness (QED) is 0.919. The standard InChI is InChI=1S/C14H20N2O4S/c1-5-16(6-2)21(18,19)13-8-12-11(7-9(13)3)15-14(17)10(4)20-12/h7-8,10H,5-6H2,1-4H3,(H,15,17). The van der Waals surface area contributed by atoms with E-state index in [4.69, 9.17) is 4.74 Å². The first-order valence-electron chi connectivity index (χ1n) is 6.93. The zero-order valence-corrected chi connectivity index (χ0v) is 13.5. The Balaban J connectivity index is 2.53. The first kappa shape index (κ1) is 15.8. The van der Waals surface area contributed by atoms with Crippen molar-refractivity contribution in [1.29, 1.82) is 0 Å². The molecule has 0 aromatic heterocycles. The number of ether oxygens (including phenoxy) is 1. The average molecular weight is 312 g/mol. The number of sulfonamides is 1. The highest BCUT2D eigenvalue weighted by Gasteiger charge is 2.29. The average Bonchev–Trinajstić information content (AvgIpc) is 2.41. The van der Waals surface area contributed by atoms with Gasteiger partial charge in [-0.15, -0.1) is 0 Å². The minimum Gasteiger partial charge on any atom is -0.479 e. The summed E-state index contributed by atoms with van der Waals surface area (Å²) in [6, 6.07) is 3.13.